The molecule has 0 atom stereocenters. The molecule has 2 heterocycles. The van der Waals surface area contributed by atoms with Gasteiger partial charge in [-0.15, -0.1) is 0 Å². The van der Waals surface area contributed by atoms with Crippen LogP contribution in [0, 0.1) is 12.8 Å². The number of aliphatic hydroxyl groups is 1. The summed E-state index contributed by atoms with van der Waals surface area (Å²) in [6, 6.07) is 10.2. The first-order valence-electron chi connectivity index (χ1n) is 7.44. The van der Waals surface area contributed by atoms with Crippen LogP contribution in [0.5, 0.6) is 0 Å². The van der Waals surface area contributed by atoms with E-state index in [4.69, 9.17) is 4.52 Å². The molecule has 0 amide bonds. The molecule has 4 nitrogen and oxygen atoms in total. The van der Waals surface area contributed by atoms with Gasteiger partial charge in [0.1, 0.15) is 5.69 Å². The zero-order valence-electron chi connectivity index (χ0n) is 12.8. The summed E-state index contributed by atoms with van der Waals surface area (Å²) in [5, 5.41) is 14.4. The summed E-state index contributed by atoms with van der Waals surface area (Å²) in [4.78, 5) is 2.18. The third-order valence-corrected chi connectivity index (χ3v) is 4.36. The van der Waals surface area contributed by atoms with E-state index in [2.05, 4.69) is 55.1 Å². The molecular weight excluding hydrogens is 264 g/mol. The van der Waals surface area contributed by atoms with E-state index in [0.29, 0.717) is 19.6 Å². The zero-order chi connectivity index (χ0) is 15.0. The second kappa shape index (κ2) is 5.28. The number of β-amino-alcohol motifs (C(OH)–C–C–N with tert-alkyl or cyclic N) is 1. The van der Waals surface area contributed by atoms with Crippen LogP contribution in [0.2, 0.25) is 0 Å². The van der Waals surface area contributed by atoms with Gasteiger partial charge in [-0.3, -0.25) is 4.90 Å². The monoisotopic (exact) mass is 286 g/mol. The molecule has 21 heavy (non-hydrogen) atoms. The van der Waals surface area contributed by atoms with E-state index in [1.807, 2.05) is 6.07 Å². The molecule has 1 fully saturated rings. The Balaban J connectivity index is 1.63. The molecule has 4 heteroatoms. The van der Waals surface area contributed by atoms with Gasteiger partial charge in [0.15, 0.2) is 5.76 Å². The van der Waals surface area contributed by atoms with E-state index < -0.39 is 5.60 Å². The van der Waals surface area contributed by atoms with Crippen molar-refractivity contribution >= 4 is 0 Å². The van der Waals surface area contributed by atoms with Gasteiger partial charge >= 0.3 is 0 Å². The quantitative estimate of drug-likeness (QED) is 0.939. The van der Waals surface area contributed by atoms with Crippen LogP contribution in [0.15, 0.2) is 34.9 Å². The summed E-state index contributed by atoms with van der Waals surface area (Å²) in [5.74, 6) is 1.13. The number of likely N-dealkylation sites (tertiary alicyclic amines) is 1. The molecule has 0 unspecified atom stereocenters. The van der Waals surface area contributed by atoms with Crippen LogP contribution in [-0.2, 0) is 6.54 Å². The van der Waals surface area contributed by atoms with Gasteiger partial charge in [-0.1, -0.05) is 48.8 Å². The normalized spacial score (nSPS) is 18.0. The van der Waals surface area contributed by atoms with Gasteiger partial charge in [0.2, 0.25) is 0 Å². The molecule has 0 aliphatic carbocycles. The van der Waals surface area contributed by atoms with Gasteiger partial charge in [-0.25, -0.2) is 0 Å². The predicted octanol–water partition coefficient (Wildman–Crippen LogP) is 2.85. The summed E-state index contributed by atoms with van der Waals surface area (Å²) in [6.45, 7) is 8.28. The molecule has 0 saturated carbocycles. The van der Waals surface area contributed by atoms with Crippen LogP contribution >= 0.6 is 0 Å². The van der Waals surface area contributed by atoms with Crippen LogP contribution in [0.4, 0.5) is 0 Å². The van der Waals surface area contributed by atoms with Gasteiger partial charge in [0, 0.05) is 24.7 Å². The first-order chi connectivity index (χ1) is 9.96. The molecule has 1 aliphatic rings. The number of benzene rings is 1. The summed E-state index contributed by atoms with van der Waals surface area (Å²) in [5.41, 5.74) is 2.62. The molecule has 1 N–H and O–H groups in total. The van der Waals surface area contributed by atoms with Gasteiger partial charge in [0.05, 0.1) is 12.1 Å². The van der Waals surface area contributed by atoms with Crippen molar-refractivity contribution in [3.05, 3.63) is 41.7 Å². The maximum absolute atomic E-state index is 10.3. The lowest BCUT2D eigenvalue weighted by Gasteiger charge is -2.48. The summed E-state index contributed by atoms with van der Waals surface area (Å²) < 4.78 is 5.41. The Morgan fingerprint density at radius 3 is 2.57 bits per heavy atom. The van der Waals surface area contributed by atoms with E-state index >= 15 is 0 Å². The number of hydrogen-bond acceptors (Lipinski definition) is 4. The van der Waals surface area contributed by atoms with Gasteiger partial charge in [-0.2, -0.15) is 0 Å². The van der Waals surface area contributed by atoms with Crippen molar-refractivity contribution < 1.29 is 9.63 Å². The highest BCUT2D eigenvalue weighted by atomic mass is 16.5. The summed E-state index contributed by atoms with van der Waals surface area (Å²) in [6.07, 6.45) is 0. The summed E-state index contributed by atoms with van der Waals surface area (Å²) >= 11 is 0. The molecule has 0 bridgehead atoms. The smallest absolute Gasteiger partial charge is 0.151 e. The largest absolute Gasteiger partial charge is 0.387 e. The van der Waals surface area contributed by atoms with Crippen LogP contribution in [-0.4, -0.2) is 33.9 Å². The molecule has 1 saturated heterocycles. The predicted molar refractivity (Wildman–Crippen MR) is 81.7 cm³/mol. The van der Waals surface area contributed by atoms with Crippen molar-refractivity contribution in [2.45, 2.75) is 32.9 Å². The first kappa shape index (κ1) is 14.3. The topological polar surface area (TPSA) is 49.5 Å². The Labute approximate surface area is 125 Å². The Hall–Kier alpha value is -1.65. The van der Waals surface area contributed by atoms with Crippen molar-refractivity contribution in [3.63, 3.8) is 0 Å². The maximum atomic E-state index is 10.3. The Morgan fingerprint density at radius 2 is 1.95 bits per heavy atom. The van der Waals surface area contributed by atoms with E-state index in [1.54, 1.807) is 0 Å². The number of aryl methyl sites for hydroxylation is 1. The van der Waals surface area contributed by atoms with E-state index in [1.165, 1.54) is 5.56 Å². The standard InChI is InChI=1S/C17H22N2O2/c1-12(2)17(20)10-19(11-17)9-15-8-16(18-21-15)14-6-4-13(3)5-7-14/h4-8,12,20H,9-11H2,1-3H3. The Bertz CT molecular complexity index is 610. The molecule has 0 radical (unpaired) electrons. The van der Waals surface area contributed by atoms with E-state index in [-0.39, 0.29) is 5.92 Å². The lowest BCUT2D eigenvalue weighted by molar-refractivity contribution is -0.132. The van der Waals surface area contributed by atoms with E-state index in [0.717, 1.165) is 17.0 Å². The van der Waals surface area contributed by atoms with Gasteiger partial charge in [0.25, 0.3) is 0 Å². The van der Waals surface area contributed by atoms with Crippen molar-refractivity contribution in [1.82, 2.24) is 10.1 Å². The van der Waals surface area contributed by atoms with Gasteiger partial charge < -0.3 is 9.63 Å². The second-order valence-electron chi connectivity index (χ2n) is 6.45. The summed E-state index contributed by atoms with van der Waals surface area (Å²) in [7, 11) is 0. The minimum absolute atomic E-state index is 0.284. The molecule has 1 aromatic heterocycles. The van der Waals surface area contributed by atoms with Crippen LogP contribution in [0.1, 0.15) is 25.2 Å². The van der Waals surface area contributed by atoms with Gasteiger partial charge in [-0.05, 0) is 12.8 Å². The van der Waals surface area contributed by atoms with Crippen LogP contribution in [0.3, 0.4) is 0 Å². The molecule has 0 spiro atoms. The van der Waals surface area contributed by atoms with Crippen molar-refractivity contribution in [2.75, 3.05) is 13.1 Å². The van der Waals surface area contributed by atoms with Crippen molar-refractivity contribution in [3.8, 4) is 11.3 Å². The van der Waals surface area contributed by atoms with Crippen molar-refractivity contribution in [1.29, 1.82) is 0 Å². The van der Waals surface area contributed by atoms with Crippen LogP contribution in [0.25, 0.3) is 11.3 Å². The SMILES string of the molecule is Cc1ccc(-c2cc(CN3CC(O)(C(C)C)C3)on2)cc1. The minimum atomic E-state index is -0.542. The minimum Gasteiger partial charge on any atom is -0.387 e. The first-order valence-corrected chi connectivity index (χ1v) is 7.44. The maximum Gasteiger partial charge on any atom is 0.151 e. The Kier molecular flexibility index (Phi) is 3.59. The fourth-order valence-electron chi connectivity index (χ4n) is 2.67. The average Bonchev–Trinajstić information content (AvgIpc) is 2.86. The van der Waals surface area contributed by atoms with Crippen molar-refractivity contribution in [2.24, 2.45) is 5.92 Å². The highest BCUT2D eigenvalue weighted by molar-refractivity contribution is 5.59. The number of nitrogens with zero attached hydrogens (tertiary/aromatic N) is 2. The fraction of sp³-hybridized carbons (Fsp3) is 0.471. The number of hydrogen-bond donors (Lipinski definition) is 1. The molecular formula is C17H22N2O2. The molecule has 1 aliphatic heterocycles. The second-order valence-corrected chi connectivity index (χ2v) is 6.45. The lowest BCUT2D eigenvalue weighted by atomic mass is 9.83. The van der Waals surface area contributed by atoms with Crippen LogP contribution < -0.4 is 0 Å². The van der Waals surface area contributed by atoms with E-state index in [9.17, 15) is 5.11 Å². The number of rotatable bonds is 4. The fourth-order valence-corrected chi connectivity index (χ4v) is 2.67. The molecule has 3 rings (SSSR count). The highest BCUT2D eigenvalue weighted by Gasteiger charge is 2.43. The third-order valence-electron chi connectivity index (χ3n) is 4.36. The zero-order valence-corrected chi connectivity index (χ0v) is 12.8. The number of aromatic nitrogens is 1. The highest BCUT2D eigenvalue weighted by Crippen LogP contribution is 2.30. The molecule has 112 valence electrons. The molecule has 2 aromatic rings. The third kappa shape index (κ3) is 2.87. The Morgan fingerprint density at radius 1 is 1.29 bits per heavy atom. The average molecular weight is 286 g/mol. The lowest BCUT2D eigenvalue weighted by Crippen LogP contribution is -2.63. The molecule has 1 aromatic carbocycles.